The van der Waals surface area contributed by atoms with E-state index in [9.17, 15) is 23.0 Å². The predicted molar refractivity (Wildman–Crippen MR) is 48.6 cm³/mol. The van der Waals surface area contributed by atoms with Crippen LogP contribution in [0.2, 0.25) is 0 Å². The van der Waals surface area contributed by atoms with Gasteiger partial charge in [-0.25, -0.2) is 0 Å². The number of nitrogens with zero attached hydrogens (tertiary/aromatic N) is 6. The minimum atomic E-state index is -5.09. The van der Waals surface area contributed by atoms with Gasteiger partial charge in [0, 0.05) is 0 Å². The Bertz CT molecular complexity index is 1290. The summed E-state index contributed by atoms with van der Waals surface area (Å²) in [5.41, 5.74) is 0. The third kappa shape index (κ3) is 138. The second kappa shape index (κ2) is 26.8. The summed E-state index contributed by atoms with van der Waals surface area (Å²) in [7, 11) is 0. The van der Waals surface area contributed by atoms with Crippen LogP contribution in [0.4, 0.5) is 0 Å². The molecular weight excluding hydrogens is 868 g/mol. The van der Waals surface area contributed by atoms with Crippen LogP contribution in [-0.4, -0.2) is 12.6 Å². The van der Waals surface area contributed by atoms with Gasteiger partial charge in [-0.05, 0) is 0 Å². The average Bonchev–Trinajstić information content (AvgIpc) is 2.67. The molecular formula is C6H3KMn7N6O18. The first-order valence-corrected chi connectivity index (χ1v) is 17.7. The molecule has 0 fully saturated rings. The number of nitriles is 6. The van der Waals surface area contributed by atoms with Crippen LogP contribution in [0.25, 0.3) is 0 Å². The van der Waals surface area contributed by atoms with Gasteiger partial charge in [0.05, 0.1) is 0 Å². The number of hydrogen-bond acceptors (Lipinski definition) is 21. The normalized spacial score (nSPS) is 9.47. The van der Waals surface area contributed by atoms with Crippen molar-refractivity contribution in [2.45, 2.75) is 0 Å². The molecule has 1 radical (unpaired) electrons. The van der Waals surface area contributed by atoms with Crippen LogP contribution in [0.15, 0.2) is 0 Å². The van der Waals surface area contributed by atoms with Gasteiger partial charge in [-0.15, -0.1) is 0 Å². The first-order chi connectivity index (χ1) is 15.4. The summed E-state index contributed by atoms with van der Waals surface area (Å²) in [5, 5.41) is 43.9. The van der Waals surface area contributed by atoms with E-state index in [-0.39, 0.29) is 68.5 Å². The van der Waals surface area contributed by atoms with Crippen molar-refractivity contribution in [2.75, 3.05) is 0 Å². The average molecular weight is 871 g/mol. The Morgan fingerprint density at radius 2 is 0.447 bits per heavy atom. The molecule has 0 aromatic carbocycles. The van der Waals surface area contributed by atoms with Crippen molar-refractivity contribution >= 4 is 0 Å². The molecule has 24 nitrogen and oxygen atoms in total. The minimum Gasteiger partial charge on any atom is 1.00 e. The molecule has 0 aliphatic heterocycles. The Labute approximate surface area is 274 Å². The van der Waals surface area contributed by atoms with Crippen LogP contribution in [-0.2, 0) is 141 Å². The first-order valence-electron chi connectivity index (χ1n) is 5.30. The van der Waals surface area contributed by atoms with E-state index in [0.717, 1.165) is 0 Å². The van der Waals surface area contributed by atoms with Gasteiger partial charge in [-0.3, -0.25) is 0 Å². The van der Waals surface area contributed by atoms with E-state index in [1.807, 2.05) is 0 Å². The SMILES string of the molecule is N#[C][Mn](=[O])(=[O])[O-].N#[C][Mn](=[O])(=[O])[O-].N#[C][Mn](=[O])(=[O])[O-].N#[C][Mn](=[O])(=[O])[OH].N#[C][Mn](=[O])(=[O])[OH].N#[C][Mn](=[O])(=[O])[OH].[K+].[Mn+2]. The van der Waals surface area contributed by atoms with Gasteiger partial charge in [-0.1, -0.05) is 0 Å². The Morgan fingerprint density at radius 1 is 0.395 bits per heavy atom. The molecule has 0 aliphatic rings. The van der Waals surface area contributed by atoms with Crippen molar-refractivity contribution in [3.63, 3.8) is 0 Å². The first kappa shape index (κ1) is 57.5. The van der Waals surface area contributed by atoms with Crippen molar-refractivity contribution in [1.82, 2.24) is 0 Å². The molecule has 3 N–H and O–H groups in total. The summed E-state index contributed by atoms with van der Waals surface area (Å²) in [5.74, 6) is 0. The Morgan fingerprint density at radius 3 is 0.447 bits per heavy atom. The summed E-state index contributed by atoms with van der Waals surface area (Å²) in [4.78, 5) is 3.80. The van der Waals surface area contributed by atoms with Crippen molar-refractivity contribution < 1.29 is 218 Å². The summed E-state index contributed by atoms with van der Waals surface area (Å²) in [6, 6.07) is 0. The maximum atomic E-state index is 9.25. The minimum absolute atomic E-state index is 0. The predicted octanol–water partition coefficient (Wildman–Crippen LogP) is -9.58. The third-order valence-corrected chi connectivity index (χ3v) is 2.60. The van der Waals surface area contributed by atoms with Gasteiger partial charge in [0.15, 0.2) is 0 Å². The third-order valence-electron chi connectivity index (χ3n) is 0.631. The maximum Gasteiger partial charge on any atom is 2.00 e. The van der Waals surface area contributed by atoms with E-state index >= 15 is 0 Å². The fourth-order valence-electron chi connectivity index (χ4n) is 0. The van der Waals surface area contributed by atoms with Gasteiger partial charge in [-0.2, -0.15) is 0 Å². The van der Waals surface area contributed by atoms with Crippen LogP contribution in [0.5, 0.6) is 0 Å². The summed E-state index contributed by atoms with van der Waals surface area (Å²) in [6.07, 6.45) is 0. The molecule has 0 unspecified atom stereocenters. The van der Waals surface area contributed by atoms with Crippen molar-refractivity contribution in [2.24, 2.45) is 0 Å². The van der Waals surface area contributed by atoms with Crippen LogP contribution >= 0.6 is 0 Å². The molecule has 0 heterocycles. The van der Waals surface area contributed by atoms with E-state index < -0.39 is 78.2 Å². The molecule has 0 saturated carbocycles. The number of rotatable bonds is 0. The van der Waals surface area contributed by atoms with Crippen molar-refractivity contribution in [1.29, 1.82) is 31.6 Å². The quantitative estimate of drug-likeness (QED) is 0.190. The van der Waals surface area contributed by atoms with Crippen LogP contribution in [0.1, 0.15) is 0 Å². The Kier molecular flexibility index (Phi) is 40.5. The summed E-state index contributed by atoms with van der Waals surface area (Å²) < 4.78 is 160. The van der Waals surface area contributed by atoms with E-state index in [0.29, 0.717) is 29.8 Å². The topological polar surface area (TPSA) is 477 Å². The van der Waals surface area contributed by atoms with Gasteiger partial charge in [0.25, 0.3) is 0 Å². The number of hydrogen-bond donors (Lipinski definition) is 3. The Balaban J connectivity index is -0.0000000469. The standard InChI is InChI=1S/6CN.K.7Mn.3H2O.15O/c6*1-2;;;;;;;;;;;;;;;;;;;;;;;;;;/h;;;;;;;;;;;;;;3*1H2;;;;;;;;;;;;;;;/q;;;;;;+1;;;;3*+1;+2;;;;;;;;;;;;;;;;3*-1/p-3. The molecule has 38 heavy (non-hydrogen) atoms. The van der Waals surface area contributed by atoms with Crippen LogP contribution in [0.3, 0.4) is 0 Å². The van der Waals surface area contributed by atoms with E-state index in [1.165, 1.54) is 0 Å². The summed E-state index contributed by atoms with van der Waals surface area (Å²) in [6.45, 7) is 0. The van der Waals surface area contributed by atoms with Crippen molar-refractivity contribution in [3.8, 4) is 29.8 Å². The van der Waals surface area contributed by atoms with Gasteiger partial charge < -0.3 is 0 Å². The van der Waals surface area contributed by atoms with Gasteiger partial charge in [0.1, 0.15) is 0 Å². The molecule has 0 aliphatic carbocycles. The second-order valence-corrected chi connectivity index (χ2v) is 12.7. The van der Waals surface area contributed by atoms with Crippen LogP contribution < -0.4 is 64.0 Å². The largest absolute Gasteiger partial charge is 2.00 e. The fraction of sp³-hybridized carbons (Fsp3) is 0. The molecule has 0 rings (SSSR count). The zero-order valence-corrected chi connectivity index (χ0v) is 28.2. The zero-order valence-electron chi connectivity index (χ0n) is 16.8. The van der Waals surface area contributed by atoms with Gasteiger partial charge in [0.2, 0.25) is 0 Å². The van der Waals surface area contributed by atoms with E-state index in [1.54, 1.807) is 0 Å². The van der Waals surface area contributed by atoms with Gasteiger partial charge >= 0.3 is 279 Å². The van der Waals surface area contributed by atoms with Crippen molar-refractivity contribution in [3.05, 3.63) is 0 Å². The molecule has 0 saturated heterocycles. The molecule has 0 bridgehead atoms. The summed E-state index contributed by atoms with van der Waals surface area (Å²) >= 11 is -29.8. The molecule has 0 amide bonds. The molecule has 0 atom stereocenters. The molecule has 215 valence electrons. The smallest absolute Gasteiger partial charge is 1.00 e. The Hall–Kier alpha value is -0.427. The van der Waals surface area contributed by atoms with E-state index in [2.05, 4.69) is 0 Å². The van der Waals surface area contributed by atoms with E-state index in [4.69, 9.17) is 79.7 Å². The molecule has 0 spiro atoms. The van der Waals surface area contributed by atoms with Crippen LogP contribution in [0, 0.1) is 61.4 Å². The fourth-order valence-corrected chi connectivity index (χ4v) is 0. The second-order valence-electron chi connectivity index (χ2n) is 3.09. The maximum absolute atomic E-state index is 9.25. The monoisotopic (exact) mass is 870 g/mol. The molecule has 0 aromatic heterocycles. The molecule has 32 heteroatoms. The zero-order chi connectivity index (χ0) is 31.2. The molecule has 0 aromatic rings.